The molecule has 0 saturated heterocycles. The van der Waals surface area contributed by atoms with Crippen molar-refractivity contribution >= 4 is 33.0 Å². The summed E-state index contributed by atoms with van der Waals surface area (Å²) in [6.45, 7) is 1.70. The zero-order chi connectivity index (χ0) is 21.8. The van der Waals surface area contributed by atoms with Crippen LogP contribution in [0.1, 0.15) is 17.3 Å². The maximum atomic E-state index is 12.9. The number of sulfonamides is 1. The topological polar surface area (TPSA) is 128 Å². The van der Waals surface area contributed by atoms with Crippen LogP contribution >= 0.6 is 0 Å². The minimum Gasteiger partial charge on any atom is -0.493 e. The van der Waals surface area contributed by atoms with E-state index >= 15 is 0 Å². The van der Waals surface area contributed by atoms with Crippen LogP contribution in [0.3, 0.4) is 0 Å². The van der Waals surface area contributed by atoms with E-state index in [9.17, 15) is 23.3 Å². The van der Waals surface area contributed by atoms with Crippen molar-refractivity contribution in [2.24, 2.45) is 0 Å². The van der Waals surface area contributed by atoms with Crippen LogP contribution in [0.25, 0.3) is 0 Å². The number of hydrogen-bond acceptors (Lipinski definition) is 7. The smallest absolute Gasteiger partial charge is 0.271 e. The average molecular weight is 423 g/mol. The number of anilines is 2. The average Bonchev–Trinajstić information content (AvgIpc) is 2.67. The Balaban J connectivity index is 2.58. The van der Waals surface area contributed by atoms with Crippen molar-refractivity contribution in [3.8, 4) is 11.5 Å². The van der Waals surface area contributed by atoms with Crippen LogP contribution in [0.2, 0.25) is 0 Å². The van der Waals surface area contributed by atoms with Crippen LogP contribution in [-0.4, -0.2) is 46.3 Å². The molecule has 156 valence electrons. The summed E-state index contributed by atoms with van der Waals surface area (Å²) in [5.74, 6) is -0.190. The standard InChI is InChI=1S/C18H21N3O7S/c1-5-20(29(4,25)26)15-11-17(28-3)16(27-2)10-14(15)18(22)19-12-7-6-8-13(9-12)21(23)24/h6-11H,5H2,1-4H3,(H,19,22). The molecule has 0 saturated carbocycles. The molecular weight excluding hydrogens is 402 g/mol. The molecule has 2 aromatic rings. The number of rotatable bonds is 8. The van der Waals surface area contributed by atoms with Gasteiger partial charge in [-0.05, 0) is 19.1 Å². The second-order valence-electron chi connectivity index (χ2n) is 5.91. The van der Waals surface area contributed by atoms with Gasteiger partial charge in [-0.15, -0.1) is 0 Å². The van der Waals surface area contributed by atoms with E-state index in [0.717, 1.165) is 10.6 Å². The minimum absolute atomic E-state index is 0.00133. The molecule has 0 fully saturated rings. The summed E-state index contributed by atoms with van der Waals surface area (Å²) >= 11 is 0. The van der Waals surface area contributed by atoms with Gasteiger partial charge in [-0.1, -0.05) is 6.07 Å². The number of ether oxygens (including phenoxy) is 2. The predicted octanol–water partition coefficient (Wildman–Crippen LogP) is 2.65. The fourth-order valence-corrected chi connectivity index (χ4v) is 3.71. The van der Waals surface area contributed by atoms with Gasteiger partial charge in [0.25, 0.3) is 11.6 Å². The van der Waals surface area contributed by atoms with E-state index in [2.05, 4.69) is 5.32 Å². The molecule has 0 aromatic heterocycles. The molecular formula is C18H21N3O7S. The number of nitrogens with one attached hydrogen (secondary N) is 1. The van der Waals surface area contributed by atoms with Gasteiger partial charge in [-0.3, -0.25) is 19.2 Å². The molecule has 11 heteroatoms. The highest BCUT2D eigenvalue weighted by atomic mass is 32.2. The van der Waals surface area contributed by atoms with Crippen molar-refractivity contribution in [3.63, 3.8) is 0 Å². The fourth-order valence-electron chi connectivity index (χ4n) is 2.74. The Hall–Kier alpha value is -3.34. The molecule has 2 aromatic carbocycles. The Bertz CT molecular complexity index is 1040. The summed E-state index contributed by atoms with van der Waals surface area (Å²) in [4.78, 5) is 23.3. The van der Waals surface area contributed by atoms with Crippen molar-refractivity contribution in [3.05, 3.63) is 52.1 Å². The predicted molar refractivity (Wildman–Crippen MR) is 108 cm³/mol. The summed E-state index contributed by atoms with van der Waals surface area (Å²) in [5, 5.41) is 13.5. The number of hydrogen-bond donors (Lipinski definition) is 1. The third-order valence-electron chi connectivity index (χ3n) is 4.02. The number of benzene rings is 2. The minimum atomic E-state index is -3.69. The van der Waals surface area contributed by atoms with Crippen molar-refractivity contribution in [2.45, 2.75) is 6.92 Å². The molecule has 0 radical (unpaired) electrons. The van der Waals surface area contributed by atoms with E-state index in [1.807, 2.05) is 0 Å². The molecule has 0 aliphatic rings. The van der Waals surface area contributed by atoms with Crippen molar-refractivity contribution in [2.75, 3.05) is 36.6 Å². The molecule has 2 rings (SSSR count). The molecule has 0 aliphatic carbocycles. The van der Waals surface area contributed by atoms with Crippen LogP contribution < -0.4 is 19.1 Å². The number of nitrogens with zero attached hydrogens (tertiary/aromatic N) is 2. The van der Waals surface area contributed by atoms with Crippen LogP contribution in [0.4, 0.5) is 17.1 Å². The van der Waals surface area contributed by atoms with Gasteiger partial charge < -0.3 is 14.8 Å². The molecule has 0 aliphatic heterocycles. The largest absolute Gasteiger partial charge is 0.493 e. The van der Waals surface area contributed by atoms with E-state index in [4.69, 9.17) is 9.47 Å². The number of carbonyl (C=O) groups is 1. The molecule has 0 atom stereocenters. The van der Waals surface area contributed by atoms with Gasteiger partial charge in [0.15, 0.2) is 11.5 Å². The molecule has 29 heavy (non-hydrogen) atoms. The first-order chi connectivity index (χ1) is 13.6. The maximum Gasteiger partial charge on any atom is 0.271 e. The molecule has 0 spiro atoms. The van der Waals surface area contributed by atoms with Gasteiger partial charge in [0.1, 0.15) is 0 Å². The van der Waals surface area contributed by atoms with Crippen molar-refractivity contribution in [1.29, 1.82) is 0 Å². The van der Waals surface area contributed by atoms with E-state index < -0.39 is 20.9 Å². The molecule has 1 N–H and O–H groups in total. The molecule has 0 bridgehead atoms. The zero-order valence-electron chi connectivity index (χ0n) is 16.3. The quantitative estimate of drug-likeness (QED) is 0.510. The maximum absolute atomic E-state index is 12.9. The number of nitro benzene ring substituents is 1. The Morgan fingerprint density at radius 2 is 1.79 bits per heavy atom. The van der Waals surface area contributed by atoms with E-state index in [0.29, 0.717) is 0 Å². The van der Waals surface area contributed by atoms with Crippen LogP contribution in [0, 0.1) is 10.1 Å². The van der Waals surface area contributed by atoms with Gasteiger partial charge in [-0.2, -0.15) is 0 Å². The highest BCUT2D eigenvalue weighted by Gasteiger charge is 2.25. The van der Waals surface area contributed by atoms with Crippen molar-refractivity contribution in [1.82, 2.24) is 0 Å². The normalized spacial score (nSPS) is 10.9. The van der Waals surface area contributed by atoms with Gasteiger partial charge >= 0.3 is 0 Å². The van der Waals surface area contributed by atoms with E-state index in [-0.39, 0.29) is 40.7 Å². The Morgan fingerprint density at radius 3 is 2.31 bits per heavy atom. The number of amides is 1. The first kappa shape index (κ1) is 22.0. The Morgan fingerprint density at radius 1 is 1.17 bits per heavy atom. The van der Waals surface area contributed by atoms with E-state index in [1.165, 1.54) is 50.6 Å². The molecule has 10 nitrogen and oxygen atoms in total. The lowest BCUT2D eigenvalue weighted by Crippen LogP contribution is -2.31. The lowest BCUT2D eigenvalue weighted by Gasteiger charge is -2.24. The number of carbonyl (C=O) groups excluding carboxylic acids is 1. The molecule has 1 amide bonds. The highest BCUT2D eigenvalue weighted by molar-refractivity contribution is 7.92. The van der Waals surface area contributed by atoms with Gasteiger partial charge in [0.05, 0.1) is 36.6 Å². The number of nitro groups is 1. The van der Waals surface area contributed by atoms with Crippen molar-refractivity contribution < 1.29 is 27.6 Å². The first-order valence-corrected chi connectivity index (χ1v) is 10.3. The van der Waals surface area contributed by atoms with Crippen LogP contribution in [-0.2, 0) is 10.0 Å². The second-order valence-corrected chi connectivity index (χ2v) is 7.82. The van der Waals surface area contributed by atoms with Crippen LogP contribution in [0.5, 0.6) is 11.5 Å². The number of non-ortho nitro benzene ring substituents is 1. The fraction of sp³-hybridized carbons (Fsp3) is 0.278. The Kier molecular flexibility index (Phi) is 6.64. The van der Waals surface area contributed by atoms with Gasteiger partial charge in [0.2, 0.25) is 10.0 Å². The lowest BCUT2D eigenvalue weighted by atomic mass is 10.1. The first-order valence-electron chi connectivity index (χ1n) is 8.41. The summed E-state index contributed by atoms with van der Waals surface area (Å²) in [6.07, 6.45) is 1.02. The van der Waals surface area contributed by atoms with Crippen LogP contribution in [0.15, 0.2) is 36.4 Å². The van der Waals surface area contributed by atoms with Gasteiger partial charge in [0, 0.05) is 30.4 Å². The second kappa shape index (κ2) is 8.78. The lowest BCUT2D eigenvalue weighted by molar-refractivity contribution is -0.384. The summed E-state index contributed by atoms with van der Waals surface area (Å²) in [6, 6.07) is 8.16. The third kappa shape index (κ3) is 4.93. The monoisotopic (exact) mass is 423 g/mol. The summed E-state index contributed by atoms with van der Waals surface area (Å²) < 4.78 is 35.9. The highest BCUT2D eigenvalue weighted by Crippen LogP contribution is 2.36. The molecule has 0 heterocycles. The van der Waals surface area contributed by atoms with E-state index in [1.54, 1.807) is 6.92 Å². The zero-order valence-corrected chi connectivity index (χ0v) is 17.1. The Labute approximate surface area is 168 Å². The molecule has 0 unspecified atom stereocenters. The summed E-state index contributed by atoms with van der Waals surface area (Å²) in [5.41, 5.74) is 0.0889. The number of methoxy groups -OCH3 is 2. The SMILES string of the molecule is CCN(c1cc(OC)c(OC)cc1C(=O)Nc1cccc([N+](=O)[O-])c1)S(C)(=O)=O. The van der Waals surface area contributed by atoms with Gasteiger partial charge in [-0.25, -0.2) is 8.42 Å². The third-order valence-corrected chi connectivity index (χ3v) is 5.27. The summed E-state index contributed by atoms with van der Waals surface area (Å²) in [7, 11) is -0.919.